The molecule has 0 radical (unpaired) electrons. The quantitative estimate of drug-likeness (QED) is 0.745. The molecule has 0 saturated carbocycles. The fourth-order valence-electron chi connectivity index (χ4n) is 2.04. The van der Waals surface area contributed by atoms with E-state index < -0.39 is 18.4 Å². The molecule has 0 heterocycles. The van der Waals surface area contributed by atoms with Gasteiger partial charge in [0, 0.05) is 0 Å². The Kier molecular flexibility index (Phi) is 2.66. The van der Waals surface area contributed by atoms with Crippen molar-refractivity contribution in [2.45, 2.75) is 25.3 Å². The smallest absolute Gasteiger partial charge is 0.300 e. The maximum absolute atomic E-state index is 12.0. The number of nitrogens with one attached hydrogen (secondary N) is 1. The third-order valence-electron chi connectivity index (χ3n) is 2.70. The van der Waals surface area contributed by atoms with Crippen LogP contribution in [0, 0.1) is 0 Å². The lowest BCUT2D eigenvalue weighted by Gasteiger charge is -2.11. The molecule has 0 aliphatic heterocycles. The van der Waals surface area contributed by atoms with Crippen LogP contribution in [-0.2, 0) is 11.2 Å². The third-order valence-corrected chi connectivity index (χ3v) is 2.70. The van der Waals surface area contributed by atoms with Crippen molar-refractivity contribution in [3.8, 4) is 0 Å². The van der Waals surface area contributed by atoms with Crippen LogP contribution in [0.5, 0.6) is 0 Å². The summed E-state index contributed by atoms with van der Waals surface area (Å²) in [4.78, 5) is 11.4. The third kappa shape index (κ3) is 1.98. The Morgan fingerprint density at radius 2 is 2.13 bits per heavy atom. The number of alkyl halides is 2. The summed E-state index contributed by atoms with van der Waals surface area (Å²) < 4.78 is 24.0. The van der Waals surface area contributed by atoms with Crippen LogP contribution in [0.25, 0.3) is 0 Å². The zero-order valence-corrected chi connectivity index (χ0v) is 8.04. The summed E-state index contributed by atoms with van der Waals surface area (Å²) in [5.74, 6) is -0.981. The average Bonchev–Trinajstić information content (AvgIpc) is 2.59. The molecule has 1 aliphatic carbocycles. The van der Waals surface area contributed by atoms with Gasteiger partial charge in [0.1, 0.15) is 0 Å². The van der Waals surface area contributed by atoms with E-state index in [0.717, 1.165) is 17.5 Å². The lowest BCUT2D eigenvalue weighted by atomic mass is 10.0. The number of halogens is 2. The number of rotatable bonds is 2. The van der Waals surface area contributed by atoms with Gasteiger partial charge in [-0.1, -0.05) is 24.3 Å². The number of aryl methyl sites for hydroxylation is 1. The number of amides is 1. The Labute approximate surface area is 86.3 Å². The van der Waals surface area contributed by atoms with Crippen LogP contribution in [-0.4, -0.2) is 12.5 Å². The molecule has 1 aromatic rings. The second-order valence-corrected chi connectivity index (χ2v) is 3.60. The van der Waals surface area contributed by atoms with Gasteiger partial charge in [0.15, 0.2) is 0 Å². The minimum absolute atomic E-state index is 0.407. The first-order valence-electron chi connectivity index (χ1n) is 4.85. The lowest BCUT2D eigenvalue weighted by Crippen LogP contribution is -2.32. The molecule has 80 valence electrons. The summed E-state index contributed by atoms with van der Waals surface area (Å²) in [5.41, 5.74) is 1.97. The zero-order valence-electron chi connectivity index (χ0n) is 8.04. The van der Waals surface area contributed by atoms with Gasteiger partial charge in [-0.25, -0.2) is 0 Å². The topological polar surface area (TPSA) is 29.1 Å². The standard InChI is InChI=1S/C11H11F2NO/c12-11(13)14-10(15)9-6-5-7-3-1-2-4-8(7)9/h1-4,9,11H,5-6H2,(H,14,15). The fraction of sp³-hybridized carbons (Fsp3) is 0.364. The van der Waals surface area contributed by atoms with Gasteiger partial charge in [-0.2, -0.15) is 8.78 Å². The van der Waals surface area contributed by atoms with Crippen molar-refractivity contribution >= 4 is 5.91 Å². The first-order valence-corrected chi connectivity index (χ1v) is 4.85. The highest BCUT2D eigenvalue weighted by Gasteiger charge is 2.29. The molecule has 1 aromatic carbocycles. The van der Waals surface area contributed by atoms with Crippen LogP contribution in [0.1, 0.15) is 23.5 Å². The van der Waals surface area contributed by atoms with Crippen molar-refractivity contribution in [2.75, 3.05) is 0 Å². The Morgan fingerprint density at radius 1 is 1.40 bits per heavy atom. The van der Waals surface area contributed by atoms with E-state index in [1.165, 1.54) is 0 Å². The summed E-state index contributed by atoms with van der Waals surface area (Å²) in [5, 5.41) is 1.65. The maximum Gasteiger partial charge on any atom is 0.315 e. The monoisotopic (exact) mass is 211 g/mol. The minimum atomic E-state index is -2.77. The molecule has 2 nitrogen and oxygen atoms in total. The van der Waals surface area contributed by atoms with E-state index in [-0.39, 0.29) is 0 Å². The molecule has 0 bridgehead atoms. The molecular weight excluding hydrogens is 200 g/mol. The number of hydrogen-bond acceptors (Lipinski definition) is 1. The van der Waals surface area contributed by atoms with Crippen molar-refractivity contribution in [2.24, 2.45) is 0 Å². The molecule has 15 heavy (non-hydrogen) atoms. The average molecular weight is 211 g/mol. The summed E-state index contributed by atoms with van der Waals surface area (Å²) in [6, 6.07) is 7.49. The Bertz CT molecular complexity index is 379. The molecule has 0 fully saturated rings. The van der Waals surface area contributed by atoms with Gasteiger partial charge in [-0.15, -0.1) is 0 Å². The van der Waals surface area contributed by atoms with E-state index in [0.29, 0.717) is 6.42 Å². The predicted molar refractivity (Wildman–Crippen MR) is 51.7 cm³/mol. The van der Waals surface area contributed by atoms with Crippen LogP contribution in [0.15, 0.2) is 24.3 Å². The fourth-order valence-corrected chi connectivity index (χ4v) is 2.04. The highest BCUT2D eigenvalue weighted by molar-refractivity contribution is 5.84. The molecule has 1 unspecified atom stereocenters. The van der Waals surface area contributed by atoms with Crippen LogP contribution in [0.3, 0.4) is 0 Å². The van der Waals surface area contributed by atoms with Gasteiger partial charge in [0.05, 0.1) is 5.92 Å². The molecule has 0 spiro atoms. The van der Waals surface area contributed by atoms with E-state index in [1.54, 1.807) is 5.32 Å². The van der Waals surface area contributed by atoms with Gasteiger partial charge >= 0.3 is 6.55 Å². The van der Waals surface area contributed by atoms with Gasteiger partial charge in [0.25, 0.3) is 0 Å². The van der Waals surface area contributed by atoms with Gasteiger partial charge < -0.3 is 0 Å². The number of benzene rings is 1. The van der Waals surface area contributed by atoms with Crippen molar-refractivity contribution in [1.82, 2.24) is 5.32 Å². The highest BCUT2D eigenvalue weighted by atomic mass is 19.3. The van der Waals surface area contributed by atoms with E-state index >= 15 is 0 Å². The van der Waals surface area contributed by atoms with Crippen LogP contribution < -0.4 is 5.32 Å². The van der Waals surface area contributed by atoms with Gasteiger partial charge in [-0.3, -0.25) is 10.1 Å². The minimum Gasteiger partial charge on any atom is -0.300 e. The summed E-state index contributed by atoms with van der Waals surface area (Å²) in [6.07, 6.45) is 1.41. The normalized spacial score (nSPS) is 19.0. The molecule has 0 aromatic heterocycles. The largest absolute Gasteiger partial charge is 0.315 e. The molecular formula is C11H11F2NO. The summed E-state index contributed by atoms with van der Waals surface area (Å²) >= 11 is 0. The Morgan fingerprint density at radius 3 is 2.87 bits per heavy atom. The predicted octanol–water partition coefficient (Wildman–Crippen LogP) is 2.06. The second kappa shape index (κ2) is 3.96. The van der Waals surface area contributed by atoms with E-state index in [4.69, 9.17) is 0 Å². The SMILES string of the molecule is O=C(NC(F)F)C1CCc2ccccc21. The molecule has 1 aliphatic rings. The molecule has 1 amide bonds. The van der Waals surface area contributed by atoms with E-state index in [9.17, 15) is 13.6 Å². The van der Waals surface area contributed by atoms with Crippen molar-refractivity contribution in [3.63, 3.8) is 0 Å². The molecule has 1 N–H and O–H groups in total. The maximum atomic E-state index is 12.0. The van der Waals surface area contributed by atoms with E-state index in [1.807, 2.05) is 24.3 Å². The second-order valence-electron chi connectivity index (χ2n) is 3.60. The van der Waals surface area contributed by atoms with Crippen molar-refractivity contribution in [1.29, 1.82) is 0 Å². The number of hydrogen-bond donors (Lipinski definition) is 1. The molecule has 0 saturated heterocycles. The van der Waals surface area contributed by atoms with Crippen LogP contribution in [0.4, 0.5) is 8.78 Å². The number of carbonyl (C=O) groups excluding carboxylic acids is 1. The lowest BCUT2D eigenvalue weighted by molar-refractivity contribution is -0.126. The first kappa shape index (κ1) is 10.1. The number of fused-ring (bicyclic) bond motifs is 1. The summed E-state index contributed by atoms with van der Waals surface area (Å²) in [7, 11) is 0. The molecule has 4 heteroatoms. The van der Waals surface area contributed by atoms with Crippen LogP contribution >= 0.6 is 0 Å². The Hall–Kier alpha value is -1.45. The number of carbonyl (C=O) groups is 1. The molecule has 1 atom stereocenters. The van der Waals surface area contributed by atoms with Gasteiger partial charge in [0.2, 0.25) is 5.91 Å². The van der Waals surface area contributed by atoms with Crippen LogP contribution in [0.2, 0.25) is 0 Å². The van der Waals surface area contributed by atoms with E-state index in [2.05, 4.69) is 0 Å². The highest BCUT2D eigenvalue weighted by Crippen LogP contribution is 2.32. The Balaban J connectivity index is 2.17. The zero-order chi connectivity index (χ0) is 10.8. The van der Waals surface area contributed by atoms with Gasteiger partial charge in [-0.05, 0) is 24.0 Å². The van der Waals surface area contributed by atoms with Crippen molar-refractivity contribution < 1.29 is 13.6 Å². The molecule has 2 rings (SSSR count). The summed E-state index contributed by atoms with van der Waals surface area (Å²) in [6.45, 7) is -2.77. The first-order chi connectivity index (χ1) is 7.18. The van der Waals surface area contributed by atoms with Crippen molar-refractivity contribution in [3.05, 3.63) is 35.4 Å².